The van der Waals surface area contributed by atoms with Crippen molar-refractivity contribution in [2.45, 2.75) is 12.5 Å². The van der Waals surface area contributed by atoms with Crippen molar-refractivity contribution in [3.05, 3.63) is 0 Å². The van der Waals surface area contributed by atoms with E-state index < -0.39 is 0 Å². The van der Waals surface area contributed by atoms with Gasteiger partial charge in [-0.25, -0.2) is 0 Å². The van der Waals surface area contributed by atoms with Crippen molar-refractivity contribution in [3.63, 3.8) is 0 Å². The van der Waals surface area contributed by atoms with E-state index in [4.69, 9.17) is 0 Å². The molecule has 0 bridgehead atoms. The van der Waals surface area contributed by atoms with Gasteiger partial charge in [-0.2, -0.15) is 0 Å². The summed E-state index contributed by atoms with van der Waals surface area (Å²) in [5, 5.41) is 9.00. The van der Waals surface area contributed by atoms with Gasteiger partial charge in [-0.05, 0) is 13.0 Å². The quantitative estimate of drug-likeness (QED) is 0.443. The van der Waals surface area contributed by atoms with E-state index in [1.54, 1.807) is 7.05 Å². The van der Waals surface area contributed by atoms with Crippen molar-refractivity contribution < 1.29 is 4.79 Å². The highest BCUT2D eigenvalue weighted by Gasteiger charge is 2.16. The van der Waals surface area contributed by atoms with E-state index in [1.165, 1.54) is 0 Å². The lowest BCUT2D eigenvalue weighted by atomic mass is 10.2. The molecule has 0 aromatic rings. The molecule has 4 heteroatoms. The molecule has 0 aromatic carbocycles. The van der Waals surface area contributed by atoms with Crippen LogP contribution >= 0.6 is 0 Å². The largest absolute Gasteiger partial charge is 0.358 e. The van der Waals surface area contributed by atoms with Crippen LogP contribution in [-0.2, 0) is 4.79 Å². The molecule has 1 fully saturated rings. The molecule has 64 valence electrons. The minimum Gasteiger partial charge on any atom is -0.358 e. The Kier molecular flexibility index (Phi) is 3.32. The first kappa shape index (κ1) is 8.49. The molecule has 1 unspecified atom stereocenters. The zero-order valence-corrected chi connectivity index (χ0v) is 6.81. The second-order valence-corrected chi connectivity index (χ2v) is 2.66. The SMILES string of the molecule is CNC(=O)C1CCNCCN1. The zero-order chi connectivity index (χ0) is 8.10. The van der Waals surface area contributed by atoms with Gasteiger partial charge in [0.05, 0.1) is 6.04 Å². The number of nitrogens with one attached hydrogen (secondary N) is 3. The molecule has 1 amide bonds. The first-order chi connectivity index (χ1) is 5.34. The summed E-state index contributed by atoms with van der Waals surface area (Å²) in [6.45, 7) is 2.75. The van der Waals surface area contributed by atoms with Crippen LogP contribution in [0.1, 0.15) is 6.42 Å². The lowest BCUT2D eigenvalue weighted by Crippen LogP contribution is -2.42. The van der Waals surface area contributed by atoms with Crippen LogP contribution in [0.25, 0.3) is 0 Å². The summed E-state index contributed by atoms with van der Waals surface area (Å²) in [7, 11) is 1.67. The van der Waals surface area contributed by atoms with E-state index in [0.717, 1.165) is 26.1 Å². The first-order valence-electron chi connectivity index (χ1n) is 4.00. The van der Waals surface area contributed by atoms with Crippen molar-refractivity contribution in [3.8, 4) is 0 Å². The van der Waals surface area contributed by atoms with Crippen LogP contribution in [0.5, 0.6) is 0 Å². The fourth-order valence-electron chi connectivity index (χ4n) is 1.21. The number of carbonyl (C=O) groups excluding carboxylic acids is 1. The number of likely N-dealkylation sites (N-methyl/N-ethyl adjacent to an activating group) is 1. The first-order valence-corrected chi connectivity index (χ1v) is 4.00. The normalized spacial score (nSPS) is 25.7. The Hall–Kier alpha value is -0.610. The molecule has 1 aliphatic rings. The van der Waals surface area contributed by atoms with Gasteiger partial charge in [0.2, 0.25) is 5.91 Å². The molecule has 1 heterocycles. The van der Waals surface area contributed by atoms with Gasteiger partial charge in [0.1, 0.15) is 0 Å². The summed E-state index contributed by atoms with van der Waals surface area (Å²) < 4.78 is 0. The molecule has 1 rings (SSSR count). The van der Waals surface area contributed by atoms with Crippen LogP contribution in [0.2, 0.25) is 0 Å². The molecular weight excluding hydrogens is 142 g/mol. The van der Waals surface area contributed by atoms with E-state index in [-0.39, 0.29) is 11.9 Å². The van der Waals surface area contributed by atoms with Crippen LogP contribution in [0.15, 0.2) is 0 Å². The summed E-state index contributed by atoms with van der Waals surface area (Å²) in [6.07, 6.45) is 0.875. The average Bonchev–Trinajstić information content (AvgIpc) is 2.30. The van der Waals surface area contributed by atoms with E-state index in [0.29, 0.717) is 0 Å². The van der Waals surface area contributed by atoms with Crippen LogP contribution < -0.4 is 16.0 Å². The molecule has 1 atom stereocenters. The maximum absolute atomic E-state index is 11.1. The Bertz CT molecular complexity index is 130. The predicted molar refractivity (Wildman–Crippen MR) is 43.3 cm³/mol. The second-order valence-electron chi connectivity index (χ2n) is 2.66. The molecule has 4 nitrogen and oxygen atoms in total. The van der Waals surface area contributed by atoms with Crippen LogP contribution in [0.3, 0.4) is 0 Å². The summed E-state index contributed by atoms with van der Waals surface area (Å²) in [5.41, 5.74) is 0. The highest BCUT2D eigenvalue weighted by Crippen LogP contribution is 1.92. The van der Waals surface area contributed by atoms with E-state index in [9.17, 15) is 4.79 Å². The highest BCUT2D eigenvalue weighted by molar-refractivity contribution is 5.81. The minimum absolute atomic E-state index is 0.00463. The summed E-state index contributed by atoms with van der Waals surface area (Å²) >= 11 is 0. The number of hydrogen-bond acceptors (Lipinski definition) is 3. The molecule has 3 N–H and O–H groups in total. The van der Waals surface area contributed by atoms with Gasteiger partial charge in [0.25, 0.3) is 0 Å². The van der Waals surface area contributed by atoms with Crippen LogP contribution in [0, 0.1) is 0 Å². The van der Waals surface area contributed by atoms with Gasteiger partial charge >= 0.3 is 0 Å². The minimum atomic E-state index is -0.00463. The zero-order valence-electron chi connectivity index (χ0n) is 6.81. The van der Waals surface area contributed by atoms with Crippen molar-refractivity contribution in [2.75, 3.05) is 26.7 Å². The average molecular weight is 157 g/mol. The monoisotopic (exact) mass is 157 g/mol. The van der Waals surface area contributed by atoms with Gasteiger partial charge in [0.15, 0.2) is 0 Å². The molecule has 0 spiro atoms. The van der Waals surface area contributed by atoms with Crippen molar-refractivity contribution in [2.24, 2.45) is 0 Å². The Morgan fingerprint density at radius 3 is 3.00 bits per heavy atom. The number of carbonyl (C=O) groups is 1. The maximum Gasteiger partial charge on any atom is 0.236 e. The topological polar surface area (TPSA) is 53.2 Å². The lowest BCUT2D eigenvalue weighted by Gasteiger charge is -2.12. The van der Waals surface area contributed by atoms with Crippen LogP contribution in [0.4, 0.5) is 0 Å². The van der Waals surface area contributed by atoms with E-state index in [2.05, 4.69) is 16.0 Å². The molecular formula is C7H15N3O. The molecule has 11 heavy (non-hydrogen) atoms. The molecule has 1 aliphatic heterocycles. The van der Waals surface area contributed by atoms with Gasteiger partial charge in [-0.15, -0.1) is 0 Å². The predicted octanol–water partition coefficient (Wildman–Crippen LogP) is -1.32. The summed E-state index contributed by atoms with van der Waals surface area (Å²) in [4.78, 5) is 11.1. The Morgan fingerprint density at radius 2 is 2.27 bits per heavy atom. The third kappa shape index (κ3) is 2.48. The third-order valence-corrected chi connectivity index (χ3v) is 1.87. The molecule has 0 radical (unpaired) electrons. The number of rotatable bonds is 1. The molecule has 0 aromatic heterocycles. The maximum atomic E-state index is 11.1. The number of hydrogen-bond donors (Lipinski definition) is 3. The van der Waals surface area contributed by atoms with Gasteiger partial charge in [0, 0.05) is 20.1 Å². The molecule has 0 saturated carbocycles. The fourth-order valence-corrected chi connectivity index (χ4v) is 1.21. The van der Waals surface area contributed by atoms with Crippen molar-refractivity contribution >= 4 is 5.91 Å². The van der Waals surface area contributed by atoms with E-state index >= 15 is 0 Å². The Balaban J connectivity index is 2.36. The van der Waals surface area contributed by atoms with Crippen molar-refractivity contribution in [1.29, 1.82) is 0 Å². The third-order valence-electron chi connectivity index (χ3n) is 1.87. The molecule has 1 saturated heterocycles. The smallest absolute Gasteiger partial charge is 0.236 e. The molecule has 0 aliphatic carbocycles. The van der Waals surface area contributed by atoms with Gasteiger partial charge < -0.3 is 16.0 Å². The second kappa shape index (κ2) is 4.31. The van der Waals surface area contributed by atoms with E-state index in [1.807, 2.05) is 0 Å². The van der Waals surface area contributed by atoms with Crippen molar-refractivity contribution in [1.82, 2.24) is 16.0 Å². The Morgan fingerprint density at radius 1 is 1.45 bits per heavy atom. The fraction of sp³-hybridized carbons (Fsp3) is 0.857. The standard InChI is InChI=1S/C7H15N3O/c1-8-7(11)6-2-3-9-4-5-10-6/h6,9-10H,2-5H2,1H3,(H,8,11). The van der Waals surface area contributed by atoms with Gasteiger partial charge in [-0.3, -0.25) is 4.79 Å². The number of amides is 1. The summed E-state index contributed by atoms with van der Waals surface area (Å²) in [6, 6.07) is -0.00463. The van der Waals surface area contributed by atoms with Crippen LogP contribution in [-0.4, -0.2) is 38.6 Å². The van der Waals surface area contributed by atoms with Gasteiger partial charge in [-0.1, -0.05) is 0 Å². The Labute approximate surface area is 66.7 Å². The lowest BCUT2D eigenvalue weighted by molar-refractivity contribution is -0.122. The highest BCUT2D eigenvalue weighted by atomic mass is 16.2. The summed E-state index contributed by atoms with van der Waals surface area (Å²) in [5.74, 6) is 0.0914.